The maximum atomic E-state index is 13.7. The lowest BCUT2D eigenvalue weighted by molar-refractivity contribution is -0.118. The summed E-state index contributed by atoms with van der Waals surface area (Å²) in [6.45, 7) is 4.07. The average Bonchev–Trinajstić information content (AvgIpc) is 2.29. The zero-order valence-corrected chi connectivity index (χ0v) is 12.0. The van der Waals surface area contributed by atoms with Crippen molar-refractivity contribution in [1.82, 2.24) is 5.32 Å². The first-order valence-corrected chi connectivity index (χ1v) is 6.48. The summed E-state index contributed by atoms with van der Waals surface area (Å²) in [5.74, 6) is -0.620. The number of halogens is 3. The van der Waals surface area contributed by atoms with Gasteiger partial charge >= 0.3 is 0 Å². The van der Waals surface area contributed by atoms with Crippen molar-refractivity contribution in [2.75, 3.05) is 12.4 Å². The molecule has 1 rings (SSSR count). The Morgan fingerprint density at radius 2 is 2.18 bits per heavy atom. The normalized spacial score (nSPS) is 11.4. The van der Waals surface area contributed by atoms with Gasteiger partial charge in [-0.15, -0.1) is 11.6 Å². The third kappa shape index (κ3) is 3.96. The summed E-state index contributed by atoms with van der Waals surface area (Å²) in [6, 6.07) is 4.78. The van der Waals surface area contributed by atoms with Gasteiger partial charge in [0.05, 0.1) is 0 Å². The molecule has 1 amide bonds. The monoisotopic (exact) mass is 321 g/mol. The van der Waals surface area contributed by atoms with Crippen LogP contribution in [-0.2, 0) is 10.2 Å². The molecule has 0 spiro atoms. The predicted octanol–water partition coefficient (Wildman–Crippen LogP) is 3.22. The molecular formula is C12H14BrClFNO. The molecule has 0 heterocycles. The molecule has 0 saturated carbocycles. The fraction of sp³-hybridized carbons (Fsp3) is 0.417. The van der Waals surface area contributed by atoms with E-state index >= 15 is 0 Å². The van der Waals surface area contributed by atoms with Gasteiger partial charge in [0.25, 0.3) is 0 Å². The Morgan fingerprint density at radius 3 is 2.76 bits per heavy atom. The van der Waals surface area contributed by atoms with E-state index in [-0.39, 0.29) is 17.6 Å². The number of carbonyl (C=O) groups is 1. The van der Waals surface area contributed by atoms with Crippen LogP contribution in [-0.4, -0.2) is 18.3 Å². The second-order valence-corrected chi connectivity index (χ2v) is 5.60. The van der Waals surface area contributed by atoms with Crippen molar-refractivity contribution in [3.63, 3.8) is 0 Å². The van der Waals surface area contributed by atoms with Crippen LogP contribution in [0.5, 0.6) is 0 Å². The Bertz CT molecular complexity index is 423. The molecule has 2 nitrogen and oxygen atoms in total. The number of amides is 1. The molecule has 0 aliphatic rings. The molecular weight excluding hydrogens is 308 g/mol. The molecule has 0 saturated heterocycles. The van der Waals surface area contributed by atoms with Crippen LogP contribution in [0.3, 0.4) is 0 Å². The van der Waals surface area contributed by atoms with Gasteiger partial charge in [-0.05, 0) is 23.8 Å². The second-order valence-electron chi connectivity index (χ2n) is 4.42. The zero-order chi connectivity index (χ0) is 13.1. The Balaban J connectivity index is 2.88. The number of carbonyl (C=O) groups excluding carboxylic acids is 1. The highest BCUT2D eigenvalue weighted by molar-refractivity contribution is 9.10. The minimum absolute atomic E-state index is 0.0863. The van der Waals surface area contributed by atoms with Crippen LogP contribution in [0.4, 0.5) is 4.39 Å². The van der Waals surface area contributed by atoms with Crippen molar-refractivity contribution in [2.24, 2.45) is 0 Å². The van der Waals surface area contributed by atoms with Crippen molar-refractivity contribution in [1.29, 1.82) is 0 Å². The molecule has 1 aromatic carbocycles. The lowest BCUT2D eigenvalue weighted by Crippen LogP contribution is -2.37. The van der Waals surface area contributed by atoms with E-state index in [4.69, 9.17) is 11.6 Å². The Hall–Kier alpha value is -0.610. The van der Waals surface area contributed by atoms with Gasteiger partial charge in [-0.2, -0.15) is 0 Å². The third-order valence-corrected chi connectivity index (χ3v) is 3.24. The lowest BCUT2D eigenvalue weighted by atomic mass is 9.84. The minimum Gasteiger partial charge on any atom is -0.354 e. The molecule has 0 fully saturated rings. The second kappa shape index (κ2) is 5.83. The molecule has 5 heteroatoms. The van der Waals surface area contributed by atoms with Gasteiger partial charge in [-0.25, -0.2) is 4.39 Å². The van der Waals surface area contributed by atoms with Crippen LogP contribution < -0.4 is 5.32 Å². The molecule has 0 aliphatic heterocycles. The maximum absolute atomic E-state index is 13.7. The highest BCUT2D eigenvalue weighted by Crippen LogP contribution is 2.27. The van der Waals surface area contributed by atoms with E-state index in [1.807, 2.05) is 13.8 Å². The van der Waals surface area contributed by atoms with E-state index in [1.54, 1.807) is 12.1 Å². The molecule has 0 radical (unpaired) electrons. The Morgan fingerprint density at radius 1 is 1.53 bits per heavy atom. The summed E-state index contributed by atoms with van der Waals surface area (Å²) in [5, 5.41) is 2.66. The molecule has 17 heavy (non-hydrogen) atoms. The van der Waals surface area contributed by atoms with Crippen LogP contribution >= 0.6 is 27.5 Å². The molecule has 0 atom stereocenters. The van der Waals surface area contributed by atoms with Gasteiger partial charge < -0.3 is 5.32 Å². The summed E-state index contributed by atoms with van der Waals surface area (Å²) >= 11 is 8.70. The molecule has 1 aromatic rings. The van der Waals surface area contributed by atoms with Crippen molar-refractivity contribution in [2.45, 2.75) is 19.3 Å². The van der Waals surface area contributed by atoms with Crippen LogP contribution in [0.15, 0.2) is 22.7 Å². The van der Waals surface area contributed by atoms with Gasteiger partial charge in [0, 0.05) is 16.4 Å². The van der Waals surface area contributed by atoms with E-state index in [0.717, 1.165) is 4.47 Å². The SMILES string of the molecule is CC(C)(CNC(=O)CCl)c1cc(Br)ccc1F. The quantitative estimate of drug-likeness (QED) is 0.847. The van der Waals surface area contributed by atoms with Crippen molar-refractivity contribution >= 4 is 33.4 Å². The van der Waals surface area contributed by atoms with E-state index in [9.17, 15) is 9.18 Å². The highest BCUT2D eigenvalue weighted by atomic mass is 79.9. The molecule has 0 aromatic heterocycles. The first-order chi connectivity index (χ1) is 7.86. The molecule has 0 aliphatic carbocycles. The van der Waals surface area contributed by atoms with Crippen LogP contribution in [0, 0.1) is 5.82 Å². The summed E-state index contributed by atoms with van der Waals surface area (Å²) < 4.78 is 14.5. The number of hydrogen-bond acceptors (Lipinski definition) is 1. The largest absolute Gasteiger partial charge is 0.354 e. The van der Waals surface area contributed by atoms with E-state index in [0.29, 0.717) is 12.1 Å². The van der Waals surface area contributed by atoms with E-state index in [1.165, 1.54) is 6.07 Å². The number of alkyl halides is 1. The summed E-state index contributed by atoms with van der Waals surface area (Å²) in [7, 11) is 0. The van der Waals surface area contributed by atoms with Crippen molar-refractivity contribution < 1.29 is 9.18 Å². The number of benzene rings is 1. The minimum atomic E-state index is -0.490. The first kappa shape index (κ1) is 14.5. The van der Waals surface area contributed by atoms with Crippen LogP contribution in [0.1, 0.15) is 19.4 Å². The first-order valence-electron chi connectivity index (χ1n) is 5.15. The van der Waals surface area contributed by atoms with Gasteiger partial charge in [-0.1, -0.05) is 29.8 Å². The fourth-order valence-corrected chi connectivity index (χ4v) is 1.93. The predicted molar refractivity (Wildman–Crippen MR) is 70.9 cm³/mol. The van der Waals surface area contributed by atoms with Crippen molar-refractivity contribution in [3.8, 4) is 0 Å². The number of rotatable bonds is 4. The van der Waals surface area contributed by atoms with E-state index in [2.05, 4.69) is 21.2 Å². The van der Waals surface area contributed by atoms with Gasteiger partial charge in [-0.3, -0.25) is 4.79 Å². The van der Waals surface area contributed by atoms with Crippen molar-refractivity contribution in [3.05, 3.63) is 34.1 Å². The standard InChI is InChI=1S/C12H14BrClFNO/c1-12(2,7-16-11(17)6-14)9-5-8(13)3-4-10(9)15/h3-5H,6-7H2,1-2H3,(H,16,17). The van der Waals surface area contributed by atoms with Crippen LogP contribution in [0.25, 0.3) is 0 Å². The maximum Gasteiger partial charge on any atom is 0.234 e. The summed E-state index contributed by atoms with van der Waals surface area (Å²) in [4.78, 5) is 11.1. The Kier molecular flexibility index (Phi) is 4.95. The highest BCUT2D eigenvalue weighted by Gasteiger charge is 2.24. The molecule has 1 N–H and O–H groups in total. The number of nitrogens with one attached hydrogen (secondary N) is 1. The summed E-state index contributed by atoms with van der Waals surface area (Å²) in [6.07, 6.45) is 0. The average molecular weight is 323 g/mol. The third-order valence-electron chi connectivity index (χ3n) is 2.51. The number of hydrogen-bond donors (Lipinski definition) is 1. The fourth-order valence-electron chi connectivity index (χ4n) is 1.48. The smallest absolute Gasteiger partial charge is 0.234 e. The molecule has 0 unspecified atom stereocenters. The van der Waals surface area contributed by atoms with Crippen LogP contribution in [0.2, 0.25) is 0 Å². The van der Waals surface area contributed by atoms with Gasteiger partial charge in [0.2, 0.25) is 5.91 Å². The van der Waals surface area contributed by atoms with Gasteiger partial charge in [0.15, 0.2) is 0 Å². The summed E-state index contributed by atoms with van der Waals surface area (Å²) in [5.41, 5.74) is 0.0667. The van der Waals surface area contributed by atoms with E-state index < -0.39 is 5.41 Å². The molecule has 0 bridgehead atoms. The van der Waals surface area contributed by atoms with Gasteiger partial charge in [0.1, 0.15) is 11.7 Å². The molecule has 94 valence electrons. The lowest BCUT2D eigenvalue weighted by Gasteiger charge is -2.26. The Labute approximate surface area is 114 Å². The topological polar surface area (TPSA) is 29.1 Å². The zero-order valence-electron chi connectivity index (χ0n) is 9.69.